The monoisotopic (exact) mass is 432 g/mol. The van der Waals surface area contributed by atoms with Crippen LogP contribution in [0.3, 0.4) is 0 Å². The van der Waals surface area contributed by atoms with E-state index in [-0.39, 0.29) is 0 Å². The predicted molar refractivity (Wildman–Crippen MR) is 115 cm³/mol. The SMILES string of the molecule is Clc1ccc(-c2nc(-c3cccc(Cl)c3Cl)[nH]c2-c2ccc(Cl)cc2)cc1. The maximum absolute atomic E-state index is 6.40. The van der Waals surface area contributed by atoms with Crippen LogP contribution in [0.1, 0.15) is 0 Å². The van der Waals surface area contributed by atoms with Gasteiger partial charge in [-0.3, -0.25) is 0 Å². The van der Waals surface area contributed by atoms with Gasteiger partial charge < -0.3 is 4.98 Å². The summed E-state index contributed by atoms with van der Waals surface area (Å²) in [6.45, 7) is 0. The highest BCUT2D eigenvalue weighted by Gasteiger charge is 2.17. The minimum absolute atomic E-state index is 0.457. The summed E-state index contributed by atoms with van der Waals surface area (Å²) in [6.07, 6.45) is 0. The van der Waals surface area contributed by atoms with Crippen LogP contribution >= 0.6 is 46.4 Å². The lowest BCUT2D eigenvalue weighted by Crippen LogP contribution is -1.83. The van der Waals surface area contributed by atoms with Gasteiger partial charge in [0.2, 0.25) is 0 Å². The summed E-state index contributed by atoms with van der Waals surface area (Å²) in [7, 11) is 0. The Kier molecular flexibility index (Phi) is 5.16. The number of benzene rings is 3. The number of H-pyrrole nitrogens is 1. The Balaban J connectivity index is 1.93. The van der Waals surface area contributed by atoms with Crippen molar-refractivity contribution in [1.82, 2.24) is 9.97 Å². The number of aromatic nitrogens is 2. The van der Waals surface area contributed by atoms with Gasteiger partial charge >= 0.3 is 0 Å². The zero-order valence-corrected chi connectivity index (χ0v) is 16.8. The second-order valence-corrected chi connectivity index (χ2v) is 7.58. The van der Waals surface area contributed by atoms with Crippen LogP contribution in [0.25, 0.3) is 33.9 Å². The number of rotatable bonds is 3. The Morgan fingerprint density at radius 1 is 0.667 bits per heavy atom. The van der Waals surface area contributed by atoms with Crippen molar-refractivity contribution in [3.8, 4) is 33.9 Å². The van der Waals surface area contributed by atoms with E-state index in [0.717, 1.165) is 28.1 Å². The molecule has 0 amide bonds. The number of nitrogens with one attached hydrogen (secondary N) is 1. The van der Waals surface area contributed by atoms with Crippen LogP contribution in [-0.2, 0) is 0 Å². The molecule has 0 aliphatic carbocycles. The van der Waals surface area contributed by atoms with Crippen LogP contribution in [0.15, 0.2) is 66.7 Å². The fourth-order valence-corrected chi connectivity index (χ4v) is 3.47. The molecule has 27 heavy (non-hydrogen) atoms. The fraction of sp³-hybridized carbons (Fsp3) is 0. The lowest BCUT2D eigenvalue weighted by Gasteiger charge is -2.04. The molecule has 0 saturated carbocycles. The van der Waals surface area contributed by atoms with E-state index < -0.39 is 0 Å². The van der Waals surface area contributed by atoms with E-state index in [1.54, 1.807) is 6.07 Å². The van der Waals surface area contributed by atoms with Crippen molar-refractivity contribution in [2.24, 2.45) is 0 Å². The second kappa shape index (κ2) is 7.57. The fourth-order valence-electron chi connectivity index (χ4n) is 2.83. The lowest BCUT2D eigenvalue weighted by molar-refractivity contribution is 1.31. The average molecular weight is 434 g/mol. The van der Waals surface area contributed by atoms with Gasteiger partial charge in [0.25, 0.3) is 0 Å². The van der Waals surface area contributed by atoms with Gasteiger partial charge in [-0.25, -0.2) is 4.98 Å². The first-order chi connectivity index (χ1) is 13.0. The van der Waals surface area contributed by atoms with Crippen LogP contribution in [0.4, 0.5) is 0 Å². The zero-order valence-electron chi connectivity index (χ0n) is 13.8. The molecule has 1 aromatic heterocycles. The Bertz CT molecular complexity index is 1040. The van der Waals surface area contributed by atoms with E-state index in [0.29, 0.717) is 25.9 Å². The van der Waals surface area contributed by atoms with E-state index in [1.165, 1.54) is 0 Å². The summed E-state index contributed by atoms with van der Waals surface area (Å²) in [6, 6.07) is 20.6. The predicted octanol–water partition coefficient (Wildman–Crippen LogP) is 8.02. The molecular weight excluding hydrogens is 422 g/mol. The first-order valence-electron chi connectivity index (χ1n) is 8.09. The van der Waals surface area contributed by atoms with Gasteiger partial charge in [-0.15, -0.1) is 0 Å². The number of aromatic amines is 1. The second-order valence-electron chi connectivity index (χ2n) is 5.92. The normalized spacial score (nSPS) is 11.0. The van der Waals surface area contributed by atoms with Crippen molar-refractivity contribution in [2.45, 2.75) is 0 Å². The van der Waals surface area contributed by atoms with Gasteiger partial charge in [-0.05, 0) is 36.4 Å². The van der Waals surface area contributed by atoms with Crippen molar-refractivity contribution in [3.63, 3.8) is 0 Å². The Labute approximate surface area is 176 Å². The van der Waals surface area contributed by atoms with Gasteiger partial charge in [-0.1, -0.05) is 76.7 Å². The van der Waals surface area contributed by atoms with E-state index >= 15 is 0 Å². The summed E-state index contributed by atoms with van der Waals surface area (Å²) >= 11 is 24.6. The van der Waals surface area contributed by atoms with Crippen LogP contribution < -0.4 is 0 Å². The number of nitrogens with zero attached hydrogens (tertiary/aromatic N) is 1. The first kappa shape index (κ1) is 18.4. The summed E-state index contributed by atoms with van der Waals surface area (Å²) in [5.74, 6) is 0.636. The zero-order chi connectivity index (χ0) is 19.0. The highest BCUT2D eigenvalue weighted by molar-refractivity contribution is 6.43. The topological polar surface area (TPSA) is 28.7 Å². The first-order valence-corrected chi connectivity index (χ1v) is 9.60. The minimum Gasteiger partial charge on any atom is -0.337 e. The molecule has 134 valence electrons. The molecule has 3 aromatic carbocycles. The van der Waals surface area contributed by atoms with Gasteiger partial charge in [0.05, 0.1) is 21.4 Å². The van der Waals surface area contributed by atoms with E-state index in [1.807, 2.05) is 60.7 Å². The largest absolute Gasteiger partial charge is 0.337 e. The maximum Gasteiger partial charge on any atom is 0.140 e. The van der Waals surface area contributed by atoms with Crippen molar-refractivity contribution < 1.29 is 0 Å². The summed E-state index contributed by atoms with van der Waals surface area (Å²) in [4.78, 5) is 8.19. The highest BCUT2D eigenvalue weighted by Crippen LogP contribution is 2.37. The highest BCUT2D eigenvalue weighted by atomic mass is 35.5. The number of hydrogen-bond acceptors (Lipinski definition) is 1. The number of imidazole rings is 1. The Hall–Kier alpha value is -1.97. The Morgan fingerprint density at radius 2 is 1.26 bits per heavy atom. The molecule has 0 unspecified atom stereocenters. The molecule has 0 bridgehead atoms. The average Bonchev–Trinajstić information content (AvgIpc) is 3.10. The van der Waals surface area contributed by atoms with Gasteiger partial charge in [-0.2, -0.15) is 0 Å². The molecule has 0 fully saturated rings. The molecule has 0 aliphatic heterocycles. The van der Waals surface area contributed by atoms with Crippen molar-refractivity contribution in [1.29, 1.82) is 0 Å². The number of hydrogen-bond donors (Lipinski definition) is 1. The molecule has 1 N–H and O–H groups in total. The van der Waals surface area contributed by atoms with Gasteiger partial charge in [0.1, 0.15) is 5.82 Å². The third-order valence-electron chi connectivity index (χ3n) is 4.16. The molecule has 0 aliphatic rings. The number of halogens is 4. The summed E-state index contributed by atoms with van der Waals surface area (Å²) in [5.41, 5.74) is 4.28. The molecule has 4 aromatic rings. The summed E-state index contributed by atoms with van der Waals surface area (Å²) in [5, 5.41) is 2.27. The molecule has 0 spiro atoms. The van der Waals surface area contributed by atoms with E-state index in [4.69, 9.17) is 51.4 Å². The van der Waals surface area contributed by atoms with Crippen molar-refractivity contribution in [2.75, 3.05) is 0 Å². The van der Waals surface area contributed by atoms with Gasteiger partial charge in [0, 0.05) is 26.7 Å². The molecule has 0 atom stereocenters. The molecule has 0 radical (unpaired) electrons. The summed E-state index contributed by atoms with van der Waals surface area (Å²) < 4.78 is 0. The smallest absolute Gasteiger partial charge is 0.140 e. The van der Waals surface area contributed by atoms with Crippen molar-refractivity contribution >= 4 is 46.4 Å². The molecule has 6 heteroatoms. The quantitative estimate of drug-likeness (QED) is 0.348. The molecule has 0 saturated heterocycles. The molecular formula is C21H12Cl4N2. The van der Waals surface area contributed by atoms with E-state index in [9.17, 15) is 0 Å². The molecule has 2 nitrogen and oxygen atoms in total. The molecule has 4 rings (SSSR count). The van der Waals surface area contributed by atoms with Crippen molar-refractivity contribution in [3.05, 3.63) is 86.8 Å². The van der Waals surface area contributed by atoms with Gasteiger partial charge in [0.15, 0.2) is 0 Å². The molecule has 1 heterocycles. The Morgan fingerprint density at radius 3 is 1.89 bits per heavy atom. The van der Waals surface area contributed by atoms with Crippen LogP contribution in [-0.4, -0.2) is 9.97 Å². The van der Waals surface area contributed by atoms with Crippen LogP contribution in [0, 0.1) is 0 Å². The van der Waals surface area contributed by atoms with Crippen LogP contribution in [0.5, 0.6) is 0 Å². The standard InChI is InChI=1S/C21H12Cl4N2/c22-14-8-4-12(5-9-14)19-20(13-6-10-15(23)11-7-13)27-21(26-19)16-2-1-3-17(24)18(16)25/h1-11H,(H,26,27). The lowest BCUT2D eigenvalue weighted by atomic mass is 10.1. The minimum atomic E-state index is 0.457. The third kappa shape index (κ3) is 3.71. The van der Waals surface area contributed by atoms with Crippen LogP contribution in [0.2, 0.25) is 20.1 Å². The van der Waals surface area contributed by atoms with E-state index in [2.05, 4.69) is 4.98 Å². The maximum atomic E-state index is 6.40. The third-order valence-corrected chi connectivity index (χ3v) is 5.48.